The molecule has 0 unspecified atom stereocenters. The van der Waals surface area contributed by atoms with Crippen molar-refractivity contribution in [1.29, 1.82) is 0 Å². The molecule has 0 amide bonds. The summed E-state index contributed by atoms with van der Waals surface area (Å²) in [6, 6.07) is 10.6. The fourth-order valence-electron chi connectivity index (χ4n) is 2.05. The molecule has 0 radical (unpaired) electrons. The van der Waals surface area contributed by atoms with Crippen molar-refractivity contribution in [1.82, 2.24) is 9.71 Å². The highest BCUT2D eigenvalue weighted by atomic mass is 35.5. The summed E-state index contributed by atoms with van der Waals surface area (Å²) >= 11 is 8.81. The Morgan fingerprint density at radius 3 is 2.71 bits per heavy atom. The van der Waals surface area contributed by atoms with Crippen LogP contribution >= 0.6 is 34.3 Å². The van der Waals surface area contributed by atoms with Gasteiger partial charge in [-0.3, -0.25) is 0 Å². The molecule has 0 aliphatic heterocycles. The molecule has 0 fully saturated rings. The maximum atomic E-state index is 12.5. The summed E-state index contributed by atoms with van der Waals surface area (Å²) in [5, 5.41) is 3.39. The van der Waals surface area contributed by atoms with E-state index in [2.05, 4.69) is 9.71 Å². The van der Waals surface area contributed by atoms with Crippen molar-refractivity contribution in [3.8, 4) is 9.88 Å². The number of benzene rings is 1. The largest absolute Gasteiger partial charge is 0.250 e. The van der Waals surface area contributed by atoms with Gasteiger partial charge in [0.15, 0.2) is 0 Å². The molecule has 2 aromatic heterocycles. The van der Waals surface area contributed by atoms with E-state index < -0.39 is 10.0 Å². The minimum atomic E-state index is -3.57. The van der Waals surface area contributed by atoms with Crippen LogP contribution < -0.4 is 4.72 Å². The molecule has 3 aromatic rings. The van der Waals surface area contributed by atoms with Gasteiger partial charge in [-0.15, -0.1) is 22.7 Å². The SMILES string of the molecule is CCc1csc(-c2ccc(S(=O)(=O)NCc3ccccc3Cl)s2)n1. The van der Waals surface area contributed by atoms with Crippen molar-refractivity contribution >= 4 is 44.3 Å². The Balaban J connectivity index is 1.77. The Kier molecular flexibility index (Phi) is 5.36. The minimum absolute atomic E-state index is 0.159. The second-order valence-corrected chi connectivity index (χ2v) is 9.38. The van der Waals surface area contributed by atoms with Crippen LogP contribution in [-0.4, -0.2) is 13.4 Å². The van der Waals surface area contributed by atoms with Gasteiger partial charge in [-0.05, 0) is 30.2 Å². The van der Waals surface area contributed by atoms with E-state index in [1.54, 1.807) is 24.3 Å². The molecule has 0 aliphatic rings. The molecule has 0 spiro atoms. The maximum Gasteiger partial charge on any atom is 0.250 e. The number of sulfonamides is 1. The Morgan fingerprint density at radius 1 is 1.21 bits per heavy atom. The standard InChI is InChI=1S/C16H15ClN2O2S3/c1-2-12-10-22-16(19-12)14-7-8-15(23-14)24(20,21)18-9-11-5-3-4-6-13(11)17/h3-8,10,18H,2,9H2,1H3. The molecule has 126 valence electrons. The van der Waals surface area contributed by atoms with Crippen LogP contribution in [0.1, 0.15) is 18.2 Å². The number of hydrogen-bond donors (Lipinski definition) is 1. The zero-order valence-corrected chi connectivity index (χ0v) is 16.0. The van der Waals surface area contributed by atoms with Crippen molar-refractivity contribution in [3.05, 3.63) is 58.1 Å². The Morgan fingerprint density at radius 2 is 2.00 bits per heavy atom. The number of aromatic nitrogens is 1. The third-order valence-electron chi connectivity index (χ3n) is 3.38. The Hall–Kier alpha value is -1.25. The van der Waals surface area contributed by atoms with Crippen LogP contribution in [0, 0.1) is 0 Å². The summed E-state index contributed by atoms with van der Waals surface area (Å²) in [6.07, 6.45) is 0.867. The van der Waals surface area contributed by atoms with E-state index in [9.17, 15) is 8.42 Å². The van der Waals surface area contributed by atoms with E-state index in [1.807, 2.05) is 24.4 Å². The van der Waals surface area contributed by atoms with Gasteiger partial charge in [-0.25, -0.2) is 18.1 Å². The van der Waals surface area contributed by atoms with E-state index >= 15 is 0 Å². The second kappa shape index (κ2) is 7.33. The monoisotopic (exact) mass is 398 g/mol. The minimum Gasteiger partial charge on any atom is -0.240 e. The normalized spacial score (nSPS) is 11.8. The number of hydrogen-bond acceptors (Lipinski definition) is 5. The third-order valence-corrected chi connectivity index (χ3v) is 7.79. The molecule has 1 N–H and O–H groups in total. The zero-order chi connectivity index (χ0) is 17.2. The van der Waals surface area contributed by atoms with Crippen molar-refractivity contribution in [2.75, 3.05) is 0 Å². The molecule has 2 heterocycles. The van der Waals surface area contributed by atoms with E-state index in [0.29, 0.717) is 5.02 Å². The average Bonchev–Trinajstić information content (AvgIpc) is 3.23. The molecule has 0 saturated carbocycles. The summed E-state index contributed by atoms with van der Waals surface area (Å²) in [4.78, 5) is 5.35. The molecule has 0 atom stereocenters. The molecule has 8 heteroatoms. The van der Waals surface area contributed by atoms with Gasteiger partial charge < -0.3 is 0 Å². The first-order valence-electron chi connectivity index (χ1n) is 7.27. The highest BCUT2D eigenvalue weighted by Crippen LogP contribution is 2.33. The molecule has 0 bridgehead atoms. The van der Waals surface area contributed by atoms with Crippen LogP contribution in [0.25, 0.3) is 9.88 Å². The number of thiazole rings is 1. The molecule has 3 rings (SSSR count). The van der Waals surface area contributed by atoms with E-state index in [1.165, 1.54) is 22.7 Å². The van der Waals surface area contributed by atoms with Crippen LogP contribution in [0.3, 0.4) is 0 Å². The van der Waals surface area contributed by atoms with Gasteiger partial charge in [0.2, 0.25) is 10.0 Å². The van der Waals surface area contributed by atoms with Crippen molar-refractivity contribution in [2.45, 2.75) is 24.1 Å². The summed E-state index contributed by atoms with van der Waals surface area (Å²) < 4.78 is 27.8. The van der Waals surface area contributed by atoms with Crippen LogP contribution in [0.2, 0.25) is 5.02 Å². The van der Waals surface area contributed by atoms with Crippen molar-refractivity contribution in [2.24, 2.45) is 0 Å². The van der Waals surface area contributed by atoms with Gasteiger partial charge in [-0.1, -0.05) is 36.7 Å². The predicted octanol–water partition coefficient (Wildman–Crippen LogP) is 4.57. The first-order chi connectivity index (χ1) is 11.5. The predicted molar refractivity (Wildman–Crippen MR) is 100 cm³/mol. The fraction of sp³-hybridized carbons (Fsp3) is 0.188. The molecule has 0 saturated heterocycles. The summed E-state index contributed by atoms with van der Waals surface area (Å²) in [7, 11) is -3.57. The van der Waals surface area contributed by atoms with Gasteiger partial charge in [0.1, 0.15) is 9.22 Å². The summed E-state index contributed by atoms with van der Waals surface area (Å²) in [6.45, 7) is 2.20. The van der Waals surface area contributed by atoms with Crippen molar-refractivity contribution in [3.63, 3.8) is 0 Å². The average molecular weight is 399 g/mol. The molecule has 24 heavy (non-hydrogen) atoms. The third kappa shape index (κ3) is 3.87. The van der Waals surface area contributed by atoms with Gasteiger partial charge in [0, 0.05) is 16.9 Å². The number of rotatable bonds is 6. The van der Waals surface area contributed by atoms with E-state index in [4.69, 9.17) is 11.6 Å². The molecular weight excluding hydrogens is 384 g/mol. The van der Waals surface area contributed by atoms with Crippen LogP contribution in [0.4, 0.5) is 0 Å². The first-order valence-corrected chi connectivity index (χ1v) is 10.8. The van der Waals surface area contributed by atoms with Crippen LogP contribution in [0.15, 0.2) is 46.0 Å². The van der Waals surface area contributed by atoms with E-state index in [0.717, 1.165) is 27.6 Å². The van der Waals surface area contributed by atoms with Crippen LogP contribution in [0.5, 0.6) is 0 Å². The zero-order valence-electron chi connectivity index (χ0n) is 12.8. The number of nitrogens with zero attached hydrogens (tertiary/aromatic N) is 1. The highest BCUT2D eigenvalue weighted by Gasteiger charge is 2.18. The lowest BCUT2D eigenvalue weighted by Gasteiger charge is -2.06. The smallest absolute Gasteiger partial charge is 0.240 e. The number of nitrogens with one attached hydrogen (secondary N) is 1. The highest BCUT2D eigenvalue weighted by molar-refractivity contribution is 7.91. The second-order valence-electron chi connectivity index (χ2n) is 5.03. The lowest BCUT2D eigenvalue weighted by molar-refractivity contribution is 0.583. The first kappa shape index (κ1) is 17.6. The lowest BCUT2D eigenvalue weighted by Crippen LogP contribution is -2.22. The lowest BCUT2D eigenvalue weighted by atomic mass is 10.2. The maximum absolute atomic E-state index is 12.5. The molecular formula is C16H15ClN2O2S3. The quantitative estimate of drug-likeness (QED) is 0.661. The Labute approximate surface area is 154 Å². The molecule has 0 aliphatic carbocycles. The van der Waals surface area contributed by atoms with E-state index in [-0.39, 0.29) is 10.8 Å². The number of aryl methyl sites for hydroxylation is 1. The summed E-state index contributed by atoms with van der Waals surface area (Å²) in [5.74, 6) is 0. The molecule has 4 nitrogen and oxygen atoms in total. The Bertz CT molecular complexity index is 948. The number of halogens is 1. The summed E-state index contributed by atoms with van der Waals surface area (Å²) in [5.41, 5.74) is 1.76. The van der Waals surface area contributed by atoms with Gasteiger partial charge in [0.25, 0.3) is 0 Å². The molecule has 1 aromatic carbocycles. The number of thiophene rings is 1. The van der Waals surface area contributed by atoms with Gasteiger partial charge >= 0.3 is 0 Å². The van der Waals surface area contributed by atoms with Gasteiger partial charge in [-0.2, -0.15) is 0 Å². The van der Waals surface area contributed by atoms with Gasteiger partial charge in [0.05, 0.1) is 10.6 Å². The van der Waals surface area contributed by atoms with Crippen molar-refractivity contribution < 1.29 is 8.42 Å². The fourth-order valence-corrected chi connectivity index (χ4v) is 5.58. The van der Waals surface area contributed by atoms with Crippen LogP contribution in [-0.2, 0) is 23.0 Å². The topological polar surface area (TPSA) is 59.1 Å².